The van der Waals surface area contributed by atoms with Crippen LogP contribution in [0.1, 0.15) is 21.5 Å². The maximum absolute atomic E-state index is 12.7. The number of rotatable bonds is 4. The number of aryl methyl sites for hydroxylation is 1. The molecule has 0 unspecified atom stereocenters. The summed E-state index contributed by atoms with van der Waals surface area (Å²) in [6.45, 7) is 3.33. The van der Waals surface area contributed by atoms with Gasteiger partial charge < -0.3 is 4.90 Å². The third-order valence-electron chi connectivity index (χ3n) is 4.44. The van der Waals surface area contributed by atoms with Crippen molar-refractivity contribution in [2.75, 3.05) is 26.2 Å². The molecule has 2 aromatic carbocycles. The van der Waals surface area contributed by atoms with Crippen molar-refractivity contribution in [3.8, 4) is 0 Å². The van der Waals surface area contributed by atoms with E-state index in [9.17, 15) is 13.2 Å². The molecule has 1 heterocycles. The van der Waals surface area contributed by atoms with E-state index < -0.39 is 10.0 Å². The van der Waals surface area contributed by atoms with Crippen LogP contribution in [0.2, 0.25) is 5.02 Å². The zero-order valence-electron chi connectivity index (χ0n) is 14.6. The summed E-state index contributed by atoms with van der Waals surface area (Å²) in [6.07, 6.45) is 0. The van der Waals surface area contributed by atoms with Crippen molar-refractivity contribution in [1.29, 1.82) is 0 Å². The van der Waals surface area contributed by atoms with Crippen molar-refractivity contribution in [2.45, 2.75) is 12.7 Å². The molecule has 7 heteroatoms. The SMILES string of the molecule is Cc1cccc(CS(=O)(=O)N2CCN(C(=O)c3ccc(Cl)cc3)CC2)c1. The van der Waals surface area contributed by atoms with E-state index >= 15 is 0 Å². The van der Waals surface area contributed by atoms with Crippen LogP contribution < -0.4 is 0 Å². The first-order valence-corrected chi connectivity index (χ1v) is 10.4. The lowest BCUT2D eigenvalue weighted by Crippen LogP contribution is -2.50. The van der Waals surface area contributed by atoms with Gasteiger partial charge in [0.15, 0.2) is 0 Å². The maximum Gasteiger partial charge on any atom is 0.253 e. The first-order chi connectivity index (χ1) is 12.3. The number of hydrogen-bond acceptors (Lipinski definition) is 3. The van der Waals surface area contributed by atoms with E-state index in [0.717, 1.165) is 11.1 Å². The molecule has 0 radical (unpaired) electrons. The van der Waals surface area contributed by atoms with Gasteiger partial charge in [0, 0.05) is 36.8 Å². The molecule has 0 spiro atoms. The van der Waals surface area contributed by atoms with Crippen LogP contribution in [0.3, 0.4) is 0 Å². The predicted octanol–water partition coefficient (Wildman–Crippen LogP) is 2.94. The Labute approximate surface area is 159 Å². The third kappa shape index (κ3) is 4.44. The van der Waals surface area contributed by atoms with Crippen LogP contribution in [-0.2, 0) is 15.8 Å². The lowest BCUT2D eigenvalue weighted by molar-refractivity contribution is 0.0698. The Hall–Kier alpha value is -1.89. The first kappa shape index (κ1) is 18.9. The van der Waals surface area contributed by atoms with Gasteiger partial charge in [-0.3, -0.25) is 4.79 Å². The minimum absolute atomic E-state index is 0.0141. The van der Waals surface area contributed by atoms with Gasteiger partial charge in [-0.2, -0.15) is 4.31 Å². The Bertz CT molecular complexity index is 889. The van der Waals surface area contributed by atoms with Crippen molar-refractivity contribution >= 4 is 27.5 Å². The highest BCUT2D eigenvalue weighted by Gasteiger charge is 2.29. The van der Waals surface area contributed by atoms with Crippen LogP contribution in [0.15, 0.2) is 48.5 Å². The molecule has 1 fully saturated rings. The van der Waals surface area contributed by atoms with Gasteiger partial charge in [-0.15, -0.1) is 0 Å². The highest BCUT2D eigenvalue weighted by Crippen LogP contribution is 2.17. The summed E-state index contributed by atoms with van der Waals surface area (Å²) in [4.78, 5) is 14.2. The van der Waals surface area contributed by atoms with Crippen molar-refractivity contribution in [3.63, 3.8) is 0 Å². The summed E-state index contributed by atoms with van der Waals surface area (Å²) in [5, 5.41) is 0.577. The number of benzene rings is 2. The number of sulfonamides is 1. The fourth-order valence-electron chi connectivity index (χ4n) is 3.05. The Kier molecular flexibility index (Phi) is 5.65. The fourth-order valence-corrected chi connectivity index (χ4v) is 4.68. The van der Waals surface area contributed by atoms with Crippen LogP contribution in [0.25, 0.3) is 0 Å². The molecular weight excluding hydrogens is 372 g/mol. The summed E-state index contributed by atoms with van der Waals surface area (Å²) < 4.78 is 26.8. The van der Waals surface area contributed by atoms with Gasteiger partial charge in [0.2, 0.25) is 10.0 Å². The monoisotopic (exact) mass is 392 g/mol. The van der Waals surface area contributed by atoms with Crippen molar-refractivity contribution in [1.82, 2.24) is 9.21 Å². The number of hydrogen-bond donors (Lipinski definition) is 0. The summed E-state index contributed by atoms with van der Waals surface area (Å²) in [6, 6.07) is 14.2. The molecular formula is C19H21ClN2O3S. The van der Waals surface area contributed by atoms with Crippen LogP contribution in [0.4, 0.5) is 0 Å². The van der Waals surface area contributed by atoms with E-state index in [4.69, 9.17) is 11.6 Å². The minimum Gasteiger partial charge on any atom is -0.336 e. The zero-order chi connectivity index (χ0) is 18.7. The maximum atomic E-state index is 12.7. The second-order valence-electron chi connectivity index (χ2n) is 6.44. The molecule has 0 saturated carbocycles. The minimum atomic E-state index is -3.39. The van der Waals surface area contributed by atoms with Crippen LogP contribution in [0.5, 0.6) is 0 Å². The van der Waals surface area contributed by atoms with Gasteiger partial charge in [-0.1, -0.05) is 41.4 Å². The highest BCUT2D eigenvalue weighted by molar-refractivity contribution is 7.88. The van der Waals surface area contributed by atoms with E-state index in [1.807, 2.05) is 31.2 Å². The number of piperazine rings is 1. The molecule has 1 saturated heterocycles. The lowest BCUT2D eigenvalue weighted by Gasteiger charge is -2.34. The van der Waals surface area contributed by atoms with Crippen molar-refractivity contribution in [3.05, 3.63) is 70.2 Å². The predicted molar refractivity (Wildman–Crippen MR) is 103 cm³/mol. The summed E-state index contributed by atoms with van der Waals surface area (Å²) >= 11 is 5.85. The van der Waals surface area contributed by atoms with Gasteiger partial charge in [-0.05, 0) is 36.8 Å². The quantitative estimate of drug-likeness (QED) is 0.803. The largest absolute Gasteiger partial charge is 0.336 e. The van der Waals surface area contributed by atoms with Crippen molar-refractivity contribution in [2.24, 2.45) is 0 Å². The molecule has 5 nitrogen and oxygen atoms in total. The van der Waals surface area contributed by atoms with E-state index in [2.05, 4.69) is 0 Å². The summed E-state index contributed by atoms with van der Waals surface area (Å²) in [5.41, 5.74) is 2.38. The van der Waals surface area contributed by atoms with Crippen LogP contribution in [0, 0.1) is 6.92 Å². The van der Waals surface area contributed by atoms with Crippen molar-refractivity contribution < 1.29 is 13.2 Å². The van der Waals surface area contributed by atoms with E-state index in [1.54, 1.807) is 29.2 Å². The van der Waals surface area contributed by atoms with Gasteiger partial charge in [0.05, 0.1) is 5.75 Å². The fraction of sp³-hybridized carbons (Fsp3) is 0.316. The van der Waals surface area contributed by atoms with Crippen LogP contribution in [-0.4, -0.2) is 49.7 Å². The Morgan fingerprint density at radius 2 is 1.69 bits per heavy atom. The molecule has 0 atom stereocenters. The number of carbonyl (C=O) groups excluding carboxylic acids is 1. The molecule has 1 aliphatic rings. The number of amides is 1. The average Bonchev–Trinajstić information content (AvgIpc) is 2.61. The Morgan fingerprint density at radius 3 is 2.31 bits per heavy atom. The van der Waals surface area contributed by atoms with Gasteiger partial charge in [0.25, 0.3) is 5.91 Å². The Balaban J connectivity index is 1.62. The molecule has 138 valence electrons. The molecule has 0 aromatic heterocycles. The van der Waals surface area contributed by atoms with Crippen LogP contribution >= 0.6 is 11.6 Å². The summed E-state index contributed by atoms with van der Waals surface area (Å²) in [5.74, 6) is -0.114. The van der Waals surface area contributed by atoms with E-state index in [-0.39, 0.29) is 11.7 Å². The lowest BCUT2D eigenvalue weighted by atomic mass is 10.2. The molecule has 2 aromatic rings. The smallest absolute Gasteiger partial charge is 0.253 e. The third-order valence-corrected chi connectivity index (χ3v) is 6.54. The van der Waals surface area contributed by atoms with Gasteiger partial charge in [0.1, 0.15) is 0 Å². The molecule has 26 heavy (non-hydrogen) atoms. The molecule has 0 bridgehead atoms. The second kappa shape index (κ2) is 7.78. The second-order valence-corrected chi connectivity index (χ2v) is 8.85. The highest BCUT2D eigenvalue weighted by atomic mass is 35.5. The molecule has 0 aliphatic carbocycles. The van der Waals surface area contributed by atoms with E-state index in [0.29, 0.717) is 36.8 Å². The van der Waals surface area contributed by atoms with Gasteiger partial charge in [-0.25, -0.2) is 8.42 Å². The number of halogens is 1. The molecule has 1 amide bonds. The number of nitrogens with zero attached hydrogens (tertiary/aromatic N) is 2. The zero-order valence-corrected chi connectivity index (χ0v) is 16.1. The summed E-state index contributed by atoms with van der Waals surface area (Å²) in [7, 11) is -3.39. The standard InChI is InChI=1S/C19H21ClN2O3S/c1-15-3-2-4-16(13-15)14-26(24,25)22-11-9-21(10-12-22)19(23)17-5-7-18(20)8-6-17/h2-8,13H,9-12,14H2,1H3. The normalized spacial score (nSPS) is 15.8. The first-order valence-electron chi connectivity index (χ1n) is 8.43. The number of carbonyl (C=O) groups is 1. The van der Waals surface area contributed by atoms with Gasteiger partial charge >= 0.3 is 0 Å². The molecule has 0 N–H and O–H groups in total. The average molecular weight is 393 g/mol. The Morgan fingerprint density at radius 1 is 1.04 bits per heavy atom. The molecule has 1 aliphatic heterocycles. The topological polar surface area (TPSA) is 57.7 Å². The van der Waals surface area contributed by atoms with E-state index in [1.165, 1.54) is 4.31 Å². The molecule has 3 rings (SSSR count).